The molecule has 0 fully saturated rings. The van der Waals surface area contributed by atoms with Crippen molar-refractivity contribution in [2.75, 3.05) is 40.9 Å². The minimum atomic E-state index is -4.28. The molecule has 3 unspecified atom stereocenters. The molecule has 0 aliphatic heterocycles. The van der Waals surface area contributed by atoms with Crippen molar-refractivity contribution in [3.05, 3.63) is 0 Å². The number of hydrogen-bond acceptors (Lipinski definition) is 5. The largest absolute Gasteiger partial charge is 0.472 e. The Bertz CT molecular complexity index is 885. The summed E-state index contributed by atoms with van der Waals surface area (Å²) in [5, 5.41) is 13.6. The fraction of sp³-hybridized carbons (Fsp3) is 0.979. The summed E-state index contributed by atoms with van der Waals surface area (Å²) < 4.78 is 23.3. The van der Waals surface area contributed by atoms with E-state index in [1.165, 1.54) is 180 Å². The summed E-state index contributed by atoms with van der Waals surface area (Å²) in [5.41, 5.74) is 0. The zero-order valence-electron chi connectivity index (χ0n) is 38.2. The average Bonchev–Trinajstić information content (AvgIpc) is 3.15. The maximum absolute atomic E-state index is 12.7. The van der Waals surface area contributed by atoms with E-state index in [1.54, 1.807) is 0 Å². The highest BCUT2D eigenvalue weighted by molar-refractivity contribution is 7.47. The highest BCUT2D eigenvalue weighted by Crippen LogP contribution is 2.43. The van der Waals surface area contributed by atoms with E-state index < -0.39 is 20.0 Å². The van der Waals surface area contributed by atoms with Crippen LogP contribution in [0.4, 0.5) is 0 Å². The molecule has 0 heterocycles. The molecule has 0 rings (SSSR count). The molecule has 0 radical (unpaired) electrons. The fourth-order valence-electron chi connectivity index (χ4n) is 7.46. The molecule has 56 heavy (non-hydrogen) atoms. The summed E-state index contributed by atoms with van der Waals surface area (Å²) in [5.74, 6) is -0.151. The number of phosphoric ester groups is 1. The molecule has 3 N–H and O–H groups in total. The van der Waals surface area contributed by atoms with Gasteiger partial charge in [0.25, 0.3) is 0 Å². The van der Waals surface area contributed by atoms with Gasteiger partial charge in [0.05, 0.1) is 39.9 Å². The second-order valence-electron chi connectivity index (χ2n) is 18.2. The first-order chi connectivity index (χ1) is 27.0. The predicted octanol–water partition coefficient (Wildman–Crippen LogP) is 13.8. The second-order valence-corrected chi connectivity index (χ2v) is 19.7. The topological polar surface area (TPSA) is 105 Å². The number of nitrogens with one attached hydrogen (secondary N) is 1. The van der Waals surface area contributed by atoms with E-state index >= 15 is 0 Å². The summed E-state index contributed by atoms with van der Waals surface area (Å²) in [6.45, 7) is 4.75. The molecule has 0 bridgehead atoms. The van der Waals surface area contributed by atoms with Crippen molar-refractivity contribution in [3.63, 3.8) is 0 Å². The number of carbonyl (C=O) groups is 1. The van der Waals surface area contributed by atoms with Crippen molar-refractivity contribution < 1.29 is 32.9 Å². The Morgan fingerprint density at radius 3 is 1.20 bits per heavy atom. The molecule has 8 nitrogen and oxygen atoms in total. The average molecular weight is 818 g/mol. The van der Waals surface area contributed by atoms with Gasteiger partial charge in [-0.05, 0) is 12.8 Å². The minimum absolute atomic E-state index is 0.0764. The fourth-order valence-corrected chi connectivity index (χ4v) is 8.20. The predicted molar refractivity (Wildman–Crippen MR) is 240 cm³/mol. The lowest BCUT2D eigenvalue weighted by atomic mass is 10.0. The molecule has 0 aliphatic rings. The van der Waals surface area contributed by atoms with Gasteiger partial charge in [-0.3, -0.25) is 13.8 Å². The van der Waals surface area contributed by atoms with Gasteiger partial charge < -0.3 is 19.8 Å². The van der Waals surface area contributed by atoms with E-state index in [4.69, 9.17) is 9.05 Å². The van der Waals surface area contributed by atoms with Gasteiger partial charge in [0.1, 0.15) is 13.2 Å². The van der Waals surface area contributed by atoms with E-state index in [2.05, 4.69) is 19.2 Å². The van der Waals surface area contributed by atoms with Crippen molar-refractivity contribution in [3.8, 4) is 0 Å². The zero-order chi connectivity index (χ0) is 41.4. The van der Waals surface area contributed by atoms with Crippen LogP contribution in [0.3, 0.4) is 0 Å². The first kappa shape index (κ1) is 55.5. The summed E-state index contributed by atoms with van der Waals surface area (Å²) in [6.07, 6.45) is 45.4. The lowest BCUT2D eigenvalue weighted by molar-refractivity contribution is -0.870. The van der Waals surface area contributed by atoms with Gasteiger partial charge in [-0.15, -0.1) is 0 Å². The molecule has 0 aromatic carbocycles. The molecule has 0 spiro atoms. The highest BCUT2D eigenvalue weighted by Gasteiger charge is 2.28. The minimum Gasteiger partial charge on any atom is -0.391 e. The van der Waals surface area contributed by atoms with E-state index in [0.717, 1.165) is 38.5 Å². The SMILES string of the molecule is CCCCCCCCCCCCCCCCCCCCCCCCCCCCCCCCCC(=O)NC(COP(=O)(O)OCC[N+](C)(C)C)C(O)CCCCC. The zero-order valence-corrected chi connectivity index (χ0v) is 39.0. The van der Waals surface area contributed by atoms with Gasteiger partial charge >= 0.3 is 7.82 Å². The second kappa shape index (κ2) is 39.9. The van der Waals surface area contributed by atoms with Gasteiger partial charge in [-0.25, -0.2) is 4.57 Å². The molecule has 0 saturated carbocycles. The normalized spacial score (nSPS) is 14.2. The number of aliphatic hydroxyl groups excluding tert-OH is 1. The van der Waals surface area contributed by atoms with Crippen LogP contribution in [0.1, 0.15) is 245 Å². The molecular weight excluding hydrogens is 719 g/mol. The Morgan fingerprint density at radius 2 is 0.857 bits per heavy atom. The molecule has 0 aromatic heterocycles. The van der Waals surface area contributed by atoms with Crippen LogP contribution >= 0.6 is 7.82 Å². The van der Waals surface area contributed by atoms with Gasteiger partial charge in [-0.1, -0.05) is 226 Å². The quantitative estimate of drug-likeness (QED) is 0.0321. The van der Waals surface area contributed by atoms with Crippen LogP contribution in [0.5, 0.6) is 0 Å². The number of unbranched alkanes of at least 4 members (excludes halogenated alkanes) is 32. The van der Waals surface area contributed by atoms with Gasteiger partial charge in [0.15, 0.2) is 0 Å². The van der Waals surface area contributed by atoms with Crippen LogP contribution in [-0.4, -0.2) is 73.4 Å². The molecule has 3 atom stereocenters. The van der Waals surface area contributed by atoms with E-state index in [1.807, 2.05) is 21.1 Å². The van der Waals surface area contributed by atoms with Crippen LogP contribution in [0.25, 0.3) is 0 Å². The lowest BCUT2D eigenvalue weighted by Crippen LogP contribution is -2.46. The third-order valence-electron chi connectivity index (χ3n) is 11.4. The van der Waals surface area contributed by atoms with Crippen LogP contribution in [-0.2, 0) is 18.4 Å². The molecule has 0 aromatic rings. The number of phosphoric acid groups is 1. The Balaban J connectivity index is 3.67. The Labute approximate surface area is 349 Å². The molecule has 0 aliphatic carbocycles. The van der Waals surface area contributed by atoms with Gasteiger partial charge in [0.2, 0.25) is 5.91 Å². The van der Waals surface area contributed by atoms with Crippen LogP contribution in [0, 0.1) is 0 Å². The smallest absolute Gasteiger partial charge is 0.391 e. The van der Waals surface area contributed by atoms with E-state index in [9.17, 15) is 19.4 Å². The number of carbonyl (C=O) groups excluding carboxylic acids is 1. The van der Waals surface area contributed by atoms with E-state index in [0.29, 0.717) is 23.9 Å². The standard InChI is InChI=1S/C47H97N2O6P/c1-6-8-10-11-12-13-14-15-16-17-18-19-20-21-22-23-24-25-26-27-28-29-30-31-32-33-34-35-36-37-39-41-47(51)48-45(46(50)40-38-9-7-2)44-55-56(52,53)54-43-42-49(3,4)5/h45-46,50H,6-44H2,1-5H3,(H-,48,51,52,53)/p+1. The van der Waals surface area contributed by atoms with E-state index in [-0.39, 0.29) is 19.1 Å². The monoisotopic (exact) mass is 818 g/mol. The first-order valence-electron chi connectivity index (χ1n) is 24.4. The Morgan fingerprint density at radius 1 is 0.536 bits per heavy atom. The molecular formula is C47H98N2O6P+. The number of likely N-dealkylation sites (N-methyl/N-ethyl adjacent to an activating group) is 1. The highest BCUT2D eigenvalue weighted by atomic mass is 31.2. The number of aliphatic hydroxyl groups is 1. The molecule has 9 heteroatoms. The van der Waals surface area contributed by atoms with Crippen molar-refractivity contribution in [1.82, 2.24) is 5.32 Å². The van der Waals surface area contributed by atoms with Crippen LogP contribution in [0.2, 0.25) is 0 Å². The number of nitrogens with zero attached hydrogens (tertiary/aromatic N) is 1. The third kappa shape index (κ3) is 41.7. The lowest BCUT2D eigenvalue weighted by Gasteiger charge is -2.26. The maximum Gasteiger partial charge on any atom is 0.472 e. The Hall–Kier alpha value is -0.500. The van der Waals surface area contributed by atoms with Crippen molar-refractivity contribution in [2.24, 2.45) is 0 Å². The summed E-state index contributed by atoms with van der Waals surface area (Å²) in [4.78, 5) is 22.8. The summed E-state index contributed by atoms with van der Waals surface area (Å²) in [7, 11) is 1.62. The summed E-state index contributed by atoms with van der Waals surface area (Å²) in [6, 6.07) is -0.750. The number of rotatable bonds is 45. The number of hydrogen-bond donors (Lipinski definition) is 3. The van der Waals surface area contributed by atoms with Gasteiger partial charge in [0, 0.05) is 6.42 Å². The molecule has 336 valence electrons. The molecule has 1 amide bonds. The molecule has 0 saturated heterocycles. The first-order valence-corrected chi connectivity index (χ1v) is 25.9. The van der Waals surface area contributed by atoms with Crippen molar-refractivity contribution in [2.45, 2.75) is 257 Å². The maximum atomic E-state index is 12.7. The van der Waals surface area contributed by atoms with Crippen LogP contribution in [0.15, 0.2) is 0 Å². The third-order valence-corrected chi connectivity index (χ3v) is 12.3. The number of quaternary nitrogens is 1. The number of amides is 1. The Kier molecular flexibility index (Phi) is 39.6. The van der Waals surface area contributed by atoms with Crippen molar-refractivity contribution >= 4 is 13.7 Å². The van der Waals surface area contributed by atoms with Crippen molar-refractivity contribution in [1.29, 1.82) is 0 Å². The van der Waals surface area contributed by atoms with Gasteiger partial charge in [-0.2, -0.15) is 0 Å². The van der Waals surface area contributed by atoms with Crippen LogP contribution < -0.4 is 5.32 Å². The summed E-state index contributed by atoms with van der Waals surface area (Å²) >= 11 is 0.